The van der Waals surface area contributed by atoms with Crippen molar-refractivity contribution < 1.29 is 10.3 Å². The molecule has 2 aromatic rings. The molecule has 1 aliphatic heterocycles. The summed E-state index contributed by atoms with van der Waals surface area (Å²) in [5.74, 6) is 7.23. The summed E-state index contributed by atoms with van der Waals surface area (Å²) in [6.07, 6.45) is 7.42. The largest absolute Gasteiger partial charge is 0.351 e. The Morgan fingerprint density at radius 1 is 1.27 bits per heavy atom. The van der Waals surface area contributed by atoms with Gasteiger partial charge in [-0.1, -0.05) is 29.0 Å². The van der Waals surface area contributed by atoms with Gasteiger partial charge in [-0.2, -0.15) is 5.48 Å². The van der Waals surface area contributed by atoms with Crippen LogP contribution in [-0.4, -0.2) is 30.2 Å². The summed E-state index contributed by atoms with van der Waals surface area (Å²) in [6, 6.07) is 5.78. The molecule has 3 heterocycles. The minimum Gasteiger partial charge on any atom is -0.351 e. The third-order valence-electron chi connectivity index (χ3n) is 4.10. The maximum Gasteiger partial charge on any atom is 0.204 e. The van der Waals surface area contributed by atoms with Crippen LogP contribution in [-0.2, 0) is 4.84 Å². The van der Waals surface area contributed by atoms with Crippen LogP contribution >= 0.6 is 27.5 Å². The first kappa shape index (κ1) is 18.9. The van der Waals surface area contributed by atoms with E-state index in [4.69, 9.17) is 16.4 Å². The van der Waals surface area contributed by atoms with Crippen LogP contribution < -0.4 is 10.4 Å². The average Bonchev–Trinajstić information content (AvgIpc) is 2.67. The van der Waals surface area contributed by atoms with Crippen LogP contribution in [0.1, 0.15) is 18.4 Å². The van der Waals surface area contributed by atoms with Gasteiger partial charge in [-0.15, -0.1) is 0 Å². The smallest absolute Gasteiger partial charge is 0.204 e. The normalized spacial score (nSPS) is 14.0. The Kier molecular flexibility index (Phi) is 6.64. The van der Waals surface area contributed by atoms with E-state index in [2.05, 4.69) is 42.6 Å². The van der Waals surface area contributed by atoms with Crippen molar-refractivity contribution in [1.82, 2.24) is 9.97 Å². The molecule has 1 aliphatic rings. The monoisotopic (exact) mass is 433 g/mol. The van der Waals surface area contributed by atoms with Crippen molar-refractivity contribution in [2.75, 3.05) is 25.1 Å². The van der Waals surface area contributed by atoms with Gasteiger partial charge in [-0.3, -0.25) is 0 Å². The van der Waals surface area contributed by atoms with Gasteiger partial charge in [0.05, 0.1) is 11.6 Å². The Morgan fingerprint density at radius 2 is 2.08 bits per heavy atom. The molecule has 0 aromatic carbocycles. The second-order valence-corrected chi connectivity index (χ2v) is 6.94. The number of anilines is 1. The number of hydrogen-bond acceptors (Lipinski definition) is 4. The lowest BCUT2D eigenvalue weighted by molar-refractivity contribution is -0.829. The first-order valence-corrected chi connectivity index (χ1v) is 9.41. The van der Waals surface area contributed by atoms with E-state index in [1.54, 1.807) is 18.8 Å². The van der Waals surface area contributed by atoms with Crippen molar-refractivity contribution in [3.63, 3.8) is 0 Å². The molecule has 0 amide bonds. The van der Waals surface area contributed by atoms with Crippen molar-refractivity contribution in [2.24, 2.45) is 0 Å². The summed E-state index contributed by atoms with van der Waals surface area (Å²) in [5, 5.41) is 0.428. The predicted molar refractivity (Wildman–Crippen MR) is 106 cm³/mol. The van der Waals surface area contributed by atoms with Gasteiger partial charge in [0.15, 0.2) is 5.82 Å². The summed E-state index contributed by atoms with van der Waals surface area (Å²) in [6.45, 7) is 1.83. The van der Waals surface area contributed by atoms with Crippen molar-refractivity contribution in [3.05, 3.63) is 57.4 Å². The Bertz CT molecular complexity index is 865. The lowest BCUT2D eigenvalue weighted by Gasteiger charge is -2.29. The molecule has 26 heavy (non-hydrogen) atoms. The number of quaternary nitrogens is 1. The number of nitrogens with zero attached hydrogens (tertiary/aromatic N) is 3. The molecule has 5 nitrogen and oxygen atoms in total. The van der Waals surface area contributed by atoms with Gasteiger partial charge < -0.3 is 4.90 Å². The highest BCUT2D eigenvalue weighted by Crippen LogP contribution is 2.25. The minimum absolute atomic E-state index is 0.428. The number of piperidine rings is 1. The molecule has 1 fully saturated rings. The van der Waals surface area contributed by atoms with Crippen molar-refractivity contribution in [2.45, 2.75) is 12.8 Å². The number of aromatic nitrogens is 2. The summed E-state index contributed by atoms with van der Waals surface area (Å²) >= 11 is 9.40. The Morgan fingerprint density at radius 3 is 2.85 bits per heavy atom. The van der Waals surface area contributed by atoms with E-state index in [-0.39, 0.29) is 0 Å². The number of rotatable bonds is 3. The van der Waals surface area contributed by atoms with E-state index in [1.807, 2.05) is 30.5 Å². The minimum atomic E-state index is 0.428. The number of nitrogens with two attached hydrogens (primary N) is 1. The lowest BCUT2D eigenvalue weighted by Crippen LogP contribution is -2.76. The van der Waals surface area contributed by atoms with Crippen molar-refractivity contribution >= 4 is 39.0 Å². The maximum atomic E-state index is 5.99. The Balaban J connectivity index is 1.65. The molecule has 2 N–H and O–H groups in total. The van der Waals surface area contributed by atoms with Crippen LogP contribution in [0, 0.1) is 11.8 Å². The van der Waals surface area contributed by atoms with E-state index in [0.29, 0.717) is 5.15 Å². The van der Waals surface area contributed by atoms with E-state index in [0.717, 1.165) is 47.5 Å². The highest BCUT2D eigenvalue weighted by molar-refractivity contribution is 9.10. The van der Waals surface area contributed by atoms with Gasteiger partial charge in [0, 0.05) is 37.1 Å². The second-order valence-electron chi connectivity index (χ2n) is 5.79. The molecule has 0 aliphatic carbocycles. The van der Waals surface area contributed by atoms with Crippen LogP contribution in [0.2, 0.25) is 5.15 Å². The molecule has 0 radical (unpaired) electrons. The van der Waals surface area contributed by atoms with Crippen LogP contribution in [0.25, 0.3) is 0 Å². The van der Waals surface area contributed by atoms with E-state index in [9.17, 15) is 0 Å². The molecule has 1 saturated heterocycles. The van der Waals surface area contributed by atoms with Gasteiger partial charge in [0.1, 0.15) is 5.15 Å². The predicted octanol–water partition coefficient (Wildman–Crippen LogP) is 3.23. The van der Waals surface area contributed by atoms with E-state index in [1.165, 1.54) is 5.57 Å². The summed E-state index contributed by atoms with van der Waals surface area (Å²) in [5.41, 5.74) is 4.92. The highest BCUT2D eigenvalue weighted by Gasteiger charge is 2.19. The van der Waals surface area contributed by atoms with Crippen LogP contribution in [0.15, 0.2) is 46.7 Å². The van der Waals surface area contributed by atoms with Gasteiger partial charge >= 0.3 is 0 Å². The molecule has 0 bridgehead atoms. The average molecular weight is 435 g/mol. The summed E-state index contributed by atoms with van der Waals surface area (Å²) in [7, 11) is 1.65. The third-order valence-corrected chi connectivity index (χ3v) is 5.41. The molecule has 0 saturated carbocycles. The lowest BCUT2D eigenvalue weighted by atomic mass is 10.0. The maximum absolute atomic E-state index is 5.99. The third kappa shape index (κ3) is 4.63. The molecule has 0 spiro atoms. The van der Waals surface area contributed by atoms with Crippen LogP contribution in [0.5, 0.6) is 0 Å². The van der Waals surface area contributed by atoms with Crippen LogP contribution in [0.4, 0.5) is 11.5 Å². The quantitative estimate of drug-likeness (QED) is 0.458. The van der Waals surface area contributed by atoms with Gasteiger partial charge in [-0.05, 0) is 47.0 Å². The SMILES string of the molecule is CO[NH2+]c1cccnc1N1CCC(=CC#Cc2ccnc(Cl)c2Br)CC1. The number of allylic oxidation sites excluding steroid dienone is 1. The van der Waals surface area contributed by atoms with Crippen molar-refractivity contribution in [1.29, 1.82) is 0 Å². The summed E-state index contributed by atoms with van der Waals surface area (Å²) in [4.78, 5) is 16.0. The molecule has 3 rings (SSSR count). The first-order valence-electron chi connectivity index (χ1n) is 8.24. The highest BCUT2D eigenvalue weighted by atomic mass is 79.9. The van der Waals surface area contributed by atoms with Crippen LogP contribution in [0.3, 0.4) is 0 Å². The number of hydrogen-bond donors (Lipinski definition) is 1. The zero-order chi connectivity index (χ0) is 18.4. The topological polar surface area (TPSA) is 54.9 Å². The van der Waals surface area contributed by atoms with E-state index < -0.39 is 0 Å². The van der Waals surface area contributed by atoms with Gasteiger partial charge in [-0.25, -0.2) is 14.8 Å². The summed E-state index contributed by atoms with van der Waals surface area (Å²) < 4.78 is 0.736. The number of pyridine rings is 2. The fourth-order valence-electron chi connectivity index (χ4n) is 2.77. The van der Waals surface area contributed by atoms with Gasteiger partial charge in [0.2, 0.25) is 5.69 Å². The molecule has 134 valence electrons. The molecular formula is C19H19BrClN4O+. The molecule has 7 heteroatoms. The Labute approximate surface area is 166 Å². The second kappa shape index (κ2) is 9.15. The Hall–Kier alpha value is -1.91. The molecule has 2 aromatic heterocycles. The standard InChI is InChI=1S/C19H18BrClN4O/c1-26-24-16-6-3-10-23-19(16)25-12-8-14(9-13-25)4-2-5-15-7-11-22-18(21)17(15)20/h3-4,6-7,10-11,24H,8-9,12-13H2,1H3/p+1. The number of halogens is 2. The van der Waals surface area contributed by atoms with E-state index >= 15 is 0 Å². The fraction of sp³-hybridized carbons (Fsp3) is 0.263. The molecule has 0 unspecified atom stereocenters. The fourth-order valence-corrected chi connectivity index (χ4v) is 3.27. The molecular weight excluding hydrogens is 416 g/mol. The zero-order valence-electron chi connectivity index (χ0n) is 14.4. The zero-order valence-corrected chi connectivity index (χ0v) is 16.7. The van der Waals surface area contributed by atoms with Gasteiger partial charge in [0.25, 0.3) is 0 Å². The van der Waals surface area contributed by atoms with Crippen molar-refractivity contribution in [3.8, 4) is 11.8 Å². The first-order chi connectivity index (χ1) is 12.7. The molecule has 0 atom stereocenters.